The zero-order valence-electron chi connectivity index (χ0n) is 16.7. The SMILES string of the molecule is CC(=O)[N+]1(c2ccccc2)C2=C(Cl)C(C)(C(C)(C)C)N[N+]2(C)C(N)N1C. The number of halogens is 1. The summed E-state index contributed by atoms with van der Waals surface area (Å²) in [7, 11) is 3.86. The van der Waals surface area contributed by atoms with Crippen LogP contribution in [0.5, 0.6) is 0 Å². The Balaban J connectivity index is 2.42. The van der Waals surface area contributed by atoms with Gasteiger partial charge in [-0.3, -0.25) is 5.73 Å². The highest BCUT2D eigenvalue weighted by atomic mass is 35.5. The third-order valence-electron chi connectivity index (χ3n) is 6.31. The summed E-state index contributed by atoms with van der Waals surface area (Å²) >= 11 is 7.06. The largest absolute Gasteiger partial charge is 0.365 e. The molecule has 6 nitrogen and oxygen atoms in total. The van der Waals surface area contributed by atoms with E-state index in [2.05, 4.69) is 33.1 Å². The standard InChI is InChI=1S/C19H30ClN5O/c1-13(26)25(14-11-9-8-10-12-14)16-15(20)19(5,18(2,3)4)22-24(16,7)17(21)23(25)6/h8-12,17,22H,21H2,1-7H3/q+2. The van der Waals surface area contributed by atoms with Crippen molar-refractivity contribution in [1.82, 2.24) is 15.0 Å². The van der Waals surface area contributed by atoms with Gasteiger partial charge in [-0.15, -0.1) is 10.0 Å². The Labute approximate surface area is 160 Å². The Morgan fingerprint density at radius 3 is 2.31 bits per heavy atom. The summed E-state index contributed by atoms with van der Waals surface area (Å²) in [6, 6.07) is 9.70. The van der Waals surface area contributed by atoms with Crippen molar-refractivity contribution in [2.75, 3.05) is 14.1 Å². The quantitative estimate of drug-likeness (QED) is 0.737. The molecule has 4 atom stereocenters. The van der Waals surface area contributed by atoms with Gasteiger partial charge in [0.1, 0.15) is 5.54 Å². The number of nitrogens with one attached hydrogen (secondary N) is 1. The highest BCUT2D eigenvalue weighted by molar-refractivity contribution is 6.31. The Morgan fingerprint density at radius 1 is 1.31 bits per heavy atom. The van der Waals surface area contributed by atoms with Gasteiger partial charge in [0.05, 0.1) is 14.0 Å². The van der Waals surface area contributed by atoms with Crippen LogP contribution in [0.25, 0.3) is 0 Å². The fourth-order valence-corrected chi connectivity index (χ4v) is 4.91. The van der Waals surface area contributed by atoms with Gasteiger partial charge in [0.2, 0.25) is 0 Å². The first-order valence-electron chi connectivity index (χ1n) is 8.87. The molecule has 0 radical (unpaired) electrons. The van der Waals surface area contributed by atoms with E-state index in [0.29, 0.717) is 5.03 Å². The summed E-state index contributed by atoms with van der Waals surface area (Å²) in [5, 5.41) is 2.52. The van der Waals surface area contributed by atoms with Gasteiger partial charge in [0, 0.05) is 19.2 Å². The van der Waals surface area contributed by atoms with Crippen molar-refractivity contribution in [3.63, 3.8) is 0 Å². The fraction of sp³-hybridized carbons (Fsp3) is 0.526. The highest BCUT2D eigenvalue weighted by Gasteiger charge is 2.75. The van der Waals surface area contributed by atoms with E-state index in [9.17, 15) is 4.79 Å². The molecule has 2 aliphatic rings. The van der Waals surface area contributed by atoms with Crippen LogP contribution < -0.4 is 15.8 Å². The van der Waals surface area contributed by atoms with E-state index < -0.39 is 11.8 Å². The molecule has 3 rings (SSSR count). The lowest BCUT2D eigenvalue weighted by Gasteiger charge is -2.40. The molecule has 0 spiro atoms. The Hall–Kier alpha value is -1.28. The van der Waals surface area contributed by atoms with Crippen molar-refractivity contribution in [3.8, 4) is 0 Å². The topological polar surface area (TPSA) is 58.4 Å². The van der Waals surface area contributed by atoms with E-state index >= 15 is 0 Å². The lowest BCUT2D eigenvalue weighted by atomic mass is 9.75. The summed E-state index contributed by atoms with van der Waals surface area (Å²) in [5.41, 5.74) is 10.4. The van der Waals surface area contributed by atoms with Crippen LogP contribution in [0, 0.1) is 5.41 Å². The van der Waals surface area contributed by atoms with E-state index in [1.54, 1.807) is 6.92 Å². The predicted octanol–water partition coefficient (Wildman–Crippen LogP) is 2.82. The second-order valence-electron chi connectivity index (χ2n) is 8.68. The molecule has 1 saturated heterocycles. The maximum atomic E-state index is 13.2. The Kier molecular flexibility index (Phi) is 4.20. The minimum absolute atomic E-state index is 0.0518. The molecule has 0 aliphatic carbocycles. The van der Waals surface area contributed by atoms with Gasteiger partial charge in [0.25, 0.3) is 6.29 Å². The normalized spacial score (nSPS) is 38.0. The van der Waals surface area contributed by atoms with Crippen molar-refractivity contribution in [2.24, 2.45) is 11.1 Å². The number of hydrogen-bond donors (Lipinski definition) is 2. The molecule has 2 heterocycles. The second-order valence-corrected chi connectivity index (χ2v) is 9.06. The number of carbonyl (C=O) groups excluding carboxylic acids is 1. The van der Waals surface area contributed by atoms with Crippen molar-refractivity contribution in [2.45, 2.75) is 46.4 Å². The lowest BCUT2D eigenvalue weighted by molar-refractivity contribution is -0.937. The molecule has 4 unspecified atom stereocenters. The van der Waals surface area contributed by atoms with E-state index in [4.69, 9.17) is 17.3 Å². The van der Waals surface area contributed by atoms with Crippen LogP contribution in [0.3, 0.4) is 0 Å². The monoisotopic (exact) mass is 379 g/mol. The average molecular weight is 380 g/mol. The third-order valence-corrected chi connectivity index (χ3v) is 6.86. The predicted molar refractivity (Wildman–Crippen MR) is 105 cm³/mol. The molecule has 1 aromatic rings. The van der Waals surface area contributed by atoms with Gasteiger partial charge < -0.3 is 0 Å². The molecule has 26 heavy (non-hydrogen) atoms. The molecule has 0 aromatic heterocycles. The van der Waals surface area contributed by atoms with Gasteiger partial charge in [-0.2, -0.15) is 0 Å². The smallest absolute Gasteiger partial charge is 0.262 e. The Bertz CT molecular complexity index is 789. The van der Waals surface area contributed by atoms with Crippen molar-refractivity contribution in [1.29, 1.82) is 0 Å². The average Bonchev–Trinajstić information content (AvgIpc) is 2.87. The van der Waals surface area contributed by atoms with Gasteiger partial charge in [-0.25, -0.2) is 4.79 Å². The lowest BCUT2D eigenvalue weighted by Crippen LogP contribution is -2.68. The van der Waals surface area contributed by atoms with Gasteiger partial charge in [-0.05, 0) is 12.3 Å². The maximum Gasteiger partial charge on any atom is 0.365 e. The number of amides is 1. The molecule has 142 valence electrons. The summed E-state index contributed by atoms with van der Waals surface area (Å²) in [6.45, 7) is 10.1. The number of benzene rings is 1. The molecule has 2 aliphatic heterocycles. The van der Waals surface area contributed by atoms with Gasteiger partial charge >= 0.3 is 11.7 Å². The summed E-state index contributed by atoms with van der Waals surface area (Å²) in [4.78, 5) is 13.2. The summed E-state index contributed by atoms with van der Waals surface area (Å²) < 4.78 is 0.0770. The van der Waals surface area contributed by atoms with Crippen LogP contribution in [-0.4, -0.2) is 41.4 Å². The number of para-hydroxylation sites is 1. The second kappa shape index (κ2) is 5.61. The number of quaternary nitrogens is 2. The van der Waals surface area contributed by atoms with Crippen LogP contribution in [0.4, 0.5) is 5.69 Å². The molecule has 0 saturated carbocycles. The van der Waals surface area contributed by atoms with Crippen LogP contribution in [0.1, 0.15) is 34.6 Å². The molecule has 1 fully saturated rings. The molecule has 3 N–H and O–H groups in total. The van der Waals surface area contributed by atoms with E-state index in [1.807, 2.05) is 49.4 Å². The number of hydrogen-bond acceptors (Lipinski definition) is 4. The van der Waals surface area contributed by atoms with E-state index in [1.165, 1.54) is 0 Å². The van der Waals surface area contributed by atoms with Gasteiger partial charge in [0.15, 0.2) is 10.7 Å². The summed E-state index contributed by atoms with van der Waals surface area (Å²) in [6.07, 6.45) is -0.480. The molecular formula is C19H30ClN5O+2. The first-order chi connectivity index (χ1) is 11.8. The third kappa shape index (κ3) is 2.08. The fourth-order valence-electron chi connectivity index (χ4n) is 4.29. The summed E-state index contributed by atoms with van der Waals surface area (Å²) in [5.74, 6) is 0.710. The van der Waals surface area contributed by atoms with Crippen molar-refractivity contribution >= 4 is 23.2 Å². The Morgan fingerprint density at radius 2 is 1.85 bits per heavy atom. The molecule has 1 amide bonds. The number of nitrogens with zero attached hydrogens (tertiary/aromatic N) is 3. The molecule has 0 bridgehead atoms. The van der Waals surface area contributed by atoms with E-state index in [0.717, 1.165) is 11.5 Å². The van der Waals surface area contributed by atoms with Crippen LogP contribution in [0.2, 0.25) is 0 Å². The van der Waals surface area contributed by atoms with Crippen molar-refractivity contribution in [3.05, 3.63) is 41.2 Å². The van der Waals surface area contributed by atoms with Crippen molar-refractivity contribution < 1.29 is 9.39 Å². The van der Waals surface area contributed by atoms with Gasteiger partial charge in [-0.1, -0.05) is 60.2 Å². The zero-order chi connectivity index (χ0) is 19.7. The number of fused-ring (bicyclic) bond motifs is 1. The van der Waals surface area contributed by atoms with Crippen LogP contribution >= 0.6 is 11.6 Å². The molecule has 7 heteroatoms. The molecule has 1 aromatic carbocycles. The number of carbonyl (C=O) groups is 1. The number of nitrogens with two attached hydrogens (primary N) is 1. The number of rotatable bonds is 1. The first-order valence-corrected chi connectivity index (χ1v) is 9.24. The van der Waals surface area contributed by atoms with E-state index in [-0.39, 0.29) is 20.5 Å². The zero-order valence-corrected chi connectivity index (χ0v) is 17.4. The first kappa shape index (κ1) is 19.5. The minimum Gasteiger partial charge on any atom is -0.262 e. The minimum atomic E-state index is -0.523. The van der Waals surface area contributed by atoms with Crippen LogP contribution in [0.15, 0.2) is 41.2 Å². The highest BCUT2D eigenvalue weighted by Crippen LogP contribution is 2.54. The molecular weight excluding hydrogens is 350 g/mol. The van der Waals surface area contributed by atoms with Crippen LogP contribution in [-0.2, 0) is 4.79 Å². The maximum absolute atomic E-state index is 13.2.